The van der Waals surface area contributed by atoms with Crippen LogP contribution in [0.25, 0.3) is 12.2 Å². The zero-order chi connectivity index (χ0) is 21.7. The third-order valence-electron chi connectivity index (χ3n) is 4.50. The molecule has 0 fully saturated rings. The molecule has 2 atom stereocenters. The van der Waals surface area contributed by atoms with Gasteiger partial charge in [0.1, 0.15) is 0 Å². The van der Waals surface area contributed by atoms with Crippen LogP contribution < -0.4 is 0 Å². The highest BCUT2D eigenvalue weighted by Crippen LogP contribution is 2.44. The fraction of sp³-hybridized carbons (Fsp3) is 0.0909. The molecule has 30 heavy (non-hydrogen) atoms. The van der Waals surface area contributed by atoms with Gasteiger partial charge in [-0.15, -0.1) is 23.2 Å². The second kappa shape index (κ2) is 9.52. The summed E-state index contributed by atoms with van der Waals surface area (Å²) in [5.74, 6) is 0. The Kier molecular flexibility index (Phi) is 6.82. The van der Waals surface area contributed by atoms with Crippen molar-refractivity contribution < 1.29 is 9.85 Å². The Bertz CT molecular complexity index is 1090. The van der Waals surface area contributed by atoms with Crippen LogP contribution >= 0.6 is 23.2 Å². The minimum absolute atomic E-state index is 0.115. The van der Waals surface area contributed by atoms with E-state index in [2.05, 4.69) is 0 Å². The van der Waals surface area contributed by atoms with Crippen molar-refractivity contribution >= 4 is 46.7 Å². The first-order chi connectivity index (χ1) is 14.4. The van der Waals surface area contributed by atoms with Gasteiger partial charge in [-0.1, -0.05) is 66.7 Å². The van der Waals surface area contributed by atoms with E-state index in [4.69, 9.17) is 23.2 Å². The van der Waals surface area contributed by atoms with Crippen LogP contribution in [-0.4, -0.2) is 9.85 Å². The van der Waals surface area contributed by atoms with E-state index in [0.717, 1.165) is 11.6 Å². The molecule has 3 aromatic rings. The molecule has 0 unspecified atom stereocenters. The summed E-state index contributed by atoms with van der Waals surface area (Å²) in [5.41, 5.74) is 1.00. The van der Waals surface area contributed by atoms with Gasteiger partial charge in [0.05, 0.1) is 37.8 Å². The molecule has 0 radical (unpaired) electrons. The SMILES string of the molecule is O=[N+]([O-])c1cc([N+](=O)[O-])c([C@H](Cl)[C@H](Cl)c2ccccc2)cc1C=Cc1ccccc1. The molecule has 0 spiro atoms. The molecule has 0 N–H and O–H groups in total. The van der Waals surface area contributed by atoms with Gasteiger partial charge in [0.2, 0.25) is 0 Å². The summed E-state index contributed by atoms with van der Waals surface area (Å²) in [6.07, 6.45) is 3.23. The number of halogens is 2. The number of rotatable bonds is 7. The van der Waals surface area contributed by atoms with E-state index >= 15 is 0 Å². The molecular formula is C22H16Cl2N2O4. The first-order valence-electron chi connectivity index (χ1n) is 8.91. The maximum Gasteiger partial charge on any atom is 0.283 e. The van der Waals surface area contributed by atoms with Gasteiger partial charge in [0.15, 0.2) is 0 Å². The molecule has 0 heterocycles. The van der Waals surface area contributed by atoms with Crippen LogP contribution in [0.3, 0.4) is 0 Å². The lowest BCUT2D eigenvalue weighted by molar-refractivity contribution is -0.394. The van der Waals surface area contributed by atoms with Crippen LogP contribution in [0.4, 0.5) is 11.4 Å². The number of benzene rings is 3. The zero-order valence-corrected chi connectivity index (χ0v) is 17.0. The van der Waals surface area contributed by atoms with Crippen LogP contribution in [0, 0.1) is 20.2 Å². The van der Waals surface area contributed by atoms with E-state index < -0.39 is 26.3 Å². The highest BCUT2D eigenvalue weighted by molar-refractivity contribution is 6.30. The van der Waals surface area contributed by atoms with Gasteiger partial charge in [0.25, 0.3) is 11.4 Å². The lowest BCUT2D eigenvalue weighted by atomic mass is 9.98. The topological polar surface area (TPSA) is 86.3 Å². The molecule has 0 saturated heterocycles. The minimum atomic E-state index is -0.973. The van der Waals surface area contributed by atoms with E-state index in [0.29, 0.717) is 5.56 Å². The highest BCUT2D eigenvalue weighted by atomic mass is 35.5. The Morgan fingerprint density at radius 2 is 1.30 bits per heavy atom. The average Bonchev–Trinajstić information content (AvgIpc) is 2.77. The Labute approximate surface area is 182 Å². The Morgan fingerprint density at radius 1 is 0.733 bits per heavy atom. The van der Waals surface area contributed by atoms with Gasteiger partial charge in [-0.2, -0.15) is 0 Å². The fourth-order valence-electron chi connectivity index (χ4n) is 3.00. The van der Waals surface area contributed by atoms with E-state index in [1.807, 2.05) is 36.4 Å². The van der Waals surface area contributed by atoms with Crippen molar-refractivity contribution in [3.05, 3.63) is 115 Å². The van der Waals surface area contributed by atoms with Gasteiger partial charge < -0.3 is 0 Å². The summed E-state index contributed by atoms with van der Waals surface area (Å²) >= 11 is 13.0. The van der Waals surface area contributed by atoms with Crippen LogP contribution in [0.5, 0.6) is 0 Å². The van der Waals surface area contributed by atoms with E-state index in [9.17, 15) is 20.2 Å². The molecule has 3 aromatic carbocycles. The van der Waals surface area contributed by atoms with Crippen molar-refractivity contribution in [1.29, 1.82) is 0 Å². The molecule has 152 valence electrons. The van der Waals surface area contributed by atoms with Gasteiger partial charge >= 0.3 is 0 Å². The molecule has 8 heteroatoms. The maximum absolute atomic E-state index is 11.6. The summed E-state index contributed by atoms with van der Waals surface area (Å²) in [4.78, 5) is 21.8. The number of alkyl halides is 2. The molecule has 0 aliphatic carbocycles. The second-order valence-corrected chi connectivity index (χ2v) is 7.38. The maximum atomic E-state index is 11.6. The Morgan fingerprint density at radius 3 is 1.87 bits per heavy atom. The van der Waals surface area contributed by atoms with Crippen LogP contribution in [-0.2, 0) is 0 Å². The van der Waals surface area contributed by atoms with Crippen molar-refractivity contribution in [3.63, 3.8) is 0 Å². The number of nitrogens with zero attached hydrogens (tertiary/aromatic N) is 2. The zero-order valence-electron chi connectivity index (χ0n) is 15.5. The van der Waals surface area contributed by atoms with Gasteiger partial charge in [0, 0.05) is 0 Å². The summed E-state index contributed by atoms with van der Waals surface area (Å²) < 4.78 is 0. The predicted octanol–water partition coefficient (Wildman–Crippen LogP) is 6.93. The number of nitro benzene ring substituents is 2. The number of hydrogen-bond acceptors (Lipinski definition) is 4. The minimum Gasteiger partial charge on any atom is -0.258 e. The van der Waals surface area contributed by atoms with Crippen LogP contribution in [0.2, 0.25) is 0 Å². The predicted molar refractivity (Wildman–Crippen MR) is 119 cm³/mol. The smallest absolute Gasteiger partial charge is 0.258 e. The van der Waals surface area contributed by atoms with Gasteiger partial charge in [-0.25, -0.2) is 0 Å². The normalized spacial score (nSPS) is 13.1. The van der Waals surface area contributed by atoms with E-state index in [1.165, 1.54) is 12.1 Å². The van der Waals surface area contributed by atoms with Gasteiger partial charge in [-0.05, 0) is 23.3 Å². The van der Waals surface area contributed by atoms with Crippen LogP contribution in [0.15, 0.2) is 72.8 Å². The Balaban J connectivity index is 2.10. The molecule has 0 saturated carbocycles. The van der Waals surface area contributed by atoms with Crippen molar-refractivity contribution in [1.82, 2.24) is 0 Å². The average molecular weight is 443 g/mol. The number of nitro groups is 2. The van der Waals surface area contributed by atoms with Crippen molar-refractivity contribution in [2.75, 3.05) is 0 Å². The first kappa shape index (κ1) is 21.5. The van der Waals surface area contributed by atoms with Crippen molar-refractivity contribution in [3.8, 4) is 0 Å². The van der Waals surface area contributed by atoms with E-state index in [1.54, 1.807) is 30.3 Å². The fourth-order valence-corrected chi connectivity index (χ4v) is 3.60. The monoisotopic (exact) mass is 442 g/mol. The summed E-state index contributed by atoms with van der Waals surface area (Å²) in [7, 11) is 0. The molecule has 6 nitrogen and oxygen atoms in total. The molecule has 0 aliphatic rings. The first-order valence-corrected chi connectivity index (χ1v) is 9.78. The highest BCUT2D eigenvalue weighted by Gasteiger charge is 2.31. The lowest BCUT2D eigenvalue weighted by Crippen LogP contribution is -2.06. The van der Waals surface area contributed by atoms with E-state index in [-0.39, 0.29) is 16.8 Å². The number of hydrogen-bond donors (Lipinski definition) is 0. The molecular weight excluding hydrogens is 427 g/mol. The van der Waals surface area contributed by atoms with Crippen molar-refractivity contribution in [2.45, 2.75) is 10.8 Å². The standard InChI is InChI=1S/C22H16Cl2N2O4/c23-21(16-9-5-2-6-10-16)22(24)18-13-17(12-11-15-7-3-1-4-8-15)19(25(27)28)14-20(18)26(29)30/h1-14,21-22H/t21-,22+/m1/s1. The quantitative estimate of drug-likeness (QED) is 0.171. The van der Waals surface area contributed by atoms with Crippen molar-refractivity contribution in [2.24, 2.45) is 0 Å². The largest absolute Gasteiger partial charge is 0.283 e. The lowest BCUT2D eigenvalue weighted by Gasteiger charge is -2.17. The molecule has 0 aromatic heterocycles. The second-order valence-electron chi connectivity index (χ2n) is 6.44. The molecule has 0 aliphatic heterocycles. The third kappa shape index (κ3) is 4.84. The molecule has 0 amide bonds. The summed E-state index contributed by atoms with van der Waals surface area (Å²) in [6.45, 7) is 0. The molecule has 3 rings (SSSR count). The summed E-state index contributed by atoms with van der Waals surface area (Å²) in [6, 6.07) is 20.4. The Hall–Kier alpha value is -3.22. The third-order valence-corrected chi connectivity index (χ3v) is 5.62. The van der Waals surface area contributed by atoms with Crippen LogP contribution in [0.1, 0.15) is 33.0 Å². The molecule has 0 bridgehead atoms. The summed E-state index contributed by atoms with van der Waals surface area (Å²) in [5, 5.41) is 21.4. The van der Waals surface area contributed by atoms with Gasteiger partial charge in [-0.3, -0.25) is 20.2 Å².